The van der Waals surface area contributed by atoms with Crippen LogP contribution in [0.25, 0.3) is 10.1 Å². The van der Waals surface area contributed by atoms with Crippen LogP contribution in [0.4, 0.5) is 0 Å². The zero-order valence-electron chi connectivity index (χ0n) is 13.7. The Kier molecular flexibility index (Phi) is 4.97. The molecule has 130 valence electrons. The van der Waals surface area contributed by atoms with E-state index in [-0.39, 0.29) is 15.7 Å². The SMILES string of the molecule is CCc1sc2ccccc2c1C(=O)c1ccc(Cl)c(S(=O)(=O)NC)c1. The van der Waals surface area contributed by atoms with E-state index >= 15 is 0 Å². The van der Waals surface area contributed by atoms with E-state index in [1.807, 2.05) is 31.2 Å². The molecule has 0 aliphatic rings. The molecule has 0 saturated carbocycles. The number of carbonyl (C=O) groups excluding carboxylic acids is 1. The largest absolute Gasteiger partial charge is 0.289 e. The number of thiophene rings is 1. The number of halogens is 1. The third-order valence-electron chi connectivity index (χ3n) is 3.97. The predicted molar refractivity (Wildman–Crippen MR) is 102 cm³/mol. The maximum Gasteiger partial charge on any atom is 0.241 e. The number of sulfonamides is 1. The van der Waals surface area contributed by atoms with Gasteiger partial charge in [0.25, 0.3) is 0 Å². The van der Waals surface area contributed by atoms with E-state index in [9.17, 15) is 13.2 Å². The molecule has 0 aliphatic carbocycles. The Morgan fingerprint density at radius 2 is 1.92 bits per heavy atom. The normalized spacial score (nSPS) is 11.8. The number of carbonyl (C=O) groups is 1. The summed E-state index contributed by atoms with van der Waals surface area (Å²) in [5.41, 5.74) is 0.940. The summed E-state index contributed by atoms with van der Waals surface area (Å²) in [5, 5.41) is 0.971. The van der Waals surface area contributed by atoms with Crippen molar-refractivity contribution in [1.82, 2.24) is 4.72 Å². The number of hydrogen-bond donors (Lipinski definition) is 1. The summed E-state index contributed by atoms with van der Waals surface area (Å²) in [6.45, 7) is 2.00. The van der Waals surface area contributed by atoms with Crippen LogP contribution in [0.2, 0.25) is 5.02 Å². The van der Waals surface area contributed by atoms with E-state index in [1.54, 1.807) is 17.4 Å². The maximum atomic E-state index is 13.1. The van der Waals surface area contributed by atoms with Crippen LogP contribution in [0.5, 0.6) is 0 Å². The minimum Gasteiger partial charge on any atom is -0.289 e. The van der Waals surface area contributed by atoms with Gasteiger partial charge in [-0.15, -0.1) is 11.3 Å². The van der Waals surface area contributed by atoms with Crippen LogP contribution < -0.4 is 4.72 Å². The molecule has 1 N–H and O–H groups in total. The second-order valence-corrected chi connectivity index (χ2v) is 8.83. The first-order chi connectivity index (χ1) is 11.9. The number of rotatable bonds is 5. The van der Waals surface area contributed by atoms with Crippen molar-refractivity contribution >= 4 is 48.8 Å². The standard InChI is InChI=1S/C18H16ClNO3S2/c1-3-14-17(12-6-4-5-7-15(12)24-14)18(21)11-8-9-13(19)16(10-11)25(22,23)20-2/h4-10,20H,3H2,1-2H3. The molecule has 0 radical (unpaired) electrons. The summed E-state index contributed by atoms with van der Waals surface area (Å²) < 4.78 is 27.5. The molecule has 4 nitrogen and oxygen atoms in total. The van der Waals surface area contributed by atoms with Crippen molar-refractivity contribution in [3.05, 3.63) is 63.5 Å². The molecule has 1 aromatic heterocycles. The first kappa shape index (κ1) is 18.1. The summed E-state index contributed by atoms with van der Waals surface area (Å²) in [6, 6.07) is 12.1. The molecule has 0 bridgehead atoms. The summed E-state index contributed by atoms with van der Waals surface area (Å²) in [5.74, 6) is -0.196. The molecule has 0 spiro atoms. The number of aryl methyl sites for hydroxylation is 1. The third kappa shape index (κ3) is 3.22. The van der Waals surface area contributed by atoms with Gasteiger partial charge in [0.05, 0.1) is 5.02 Å². The minimum absolute atomic E-state index is 0.0804. The zero-order valence-corrected chi connectivity index (χ0v) is 16.1. The van der Waals surface area contributed by atoms with E-state index in [4.69, 9.17) is 11.6 Å². The highest BCUT2D eigenvalue weighted by Crippen LogP contribution is 2.34. The molecule has 0 amide bonds. The molecule has 3 rings (SSSR count). The number of nitrogens with one attached hydrogen (secondary N) is 1. The Hall–Kier alpha value is -1.73. The molecule has 3 aromatic rings. The fourth-order valence-corrected chi connectivity index (χ4v) is 5.09. The van der Waals surface area contributed by atoms with Crippen LogP contribution in [0.15, 0.2) is 47.4 Å². The number of hydrogen-bond acceptors (Lipinski definition) is 4. The van der Waals surface area contributed by atoms with Crippen LogP contribution in [0, 0.1) is 0 Å². The van der Waals surface area contributed by atoms with Crippen LogP contribution in [-0.2, 0) is 16.4 Å². The van der Waals surface area contributed by atoms with Gasteiger partial charge >= 0.3 is 0 Å². The maximum absolute atomic E-state index is 13.1. The zero-order chi connectivity index (χ0) is 18.2. The average molecular weight is 394 g/mol. The highest BCUT2D eigenvalue weighted by molar-refractivity contribution is 7.89. The molecule has 0 saturated heterocycles. The fourth-order valence-electron chi connectivity index (χ4n) is 2.70. The average Bonchev–Trinajstić information content (AvgIpc) is 3.00. The second-order valence-electron chi connectivity index (χ2n) is 5.43. The van der Waals surface area contributed by atoms with Crippen LogP contribution >= 0.6 is 22.9 Å². The Bertz CT molecular complexity index is 1070. The molecule has 0 atom stereocenters. The Morgan fingerprint density at radius 3 is 2.60 bits per heavy atom. The van der Waals surface area contributed by atoms with Crippen molar-refractivity contribution in [2.45, 2.75) is 18.2 Å². The molecule has 0 aliphatic heterocycles. The fraction of sp³-hybridized carbons (Fsp3) is 0.167. The van der Waals surface area contributed by atoms with E-state index in [2.05, 4.69) is 4.72 Å². The lowest BCUT2D eigenvalue weighted by Crippen LogP contribution is -2.19. The van der Waals surface area contributed by atoms with Crippen molar-refractivity contribution in [2.24, 2.45) is 0 Å². The topological polar surface area (TPSA) is 63.2 Å². The van der Waals surface area contributed by atoms with Gasteiger partial charge in [-0.25, -0.2) is 13.1 Å². The monoisotopic (exact) mass is 393 g/mol. The molecule has 0 fully saturated rings. The third-order valence-corrected chi connectivity index (χ3v) is 7.18. The first-order valence-corrected chi connectivity index (χ1v) is 10.3. The van der Waals surface area contributed by atoms with Gasteiger partial charge < -0.3 is 0 Å². The van der Waals surface area contributed by atoms with E-state index in [0.29, 0.717) is 11.1 Å². The highest BCUT2D eigenvalue weighted by Gasteiger charge is 2.22. The van der Waals surface area contributed by atoms with Gasteiger partial charge in [-0.05, 0) is 37.7 Å². The minimum atomic E-state index is -3.74. The Labute approximate surface area is 155 Å². The van der Waals surface area contributed by atoms with E-state index in [0.717, 1.165) is 21.4 Å². The van der Waals surface area contributed by atoms with Crippen LogP contribution in [-0.4, -0.2) is 21.2 Å². The van der Waals surface area contributed by atoms with Gasteiger partial charge in [0, 0.05) is 26.1 Å². The number of fused-ring (bicyclic) bond motifs is 1. The molecular weight excluding hydrogens is 378 g/mol. The predicted octanol–water partition coefficient (Wildman–Crippen LogP) is 4.26. The van der Waals surface area contributed by atoms with Crippen molar-refractivity contribution in [2.75, 3.05) is 7.05 Å². The summed E-state index contributed by atoms with van der Waals surface area (Å²) in [7, 11) is -2.44. The van der Waals surface area contributed by atoms with Crippen molar-refractivity contribution in [1.29, 1.82) is 0 Å². The smallest absolute Gasteiger partial charge is 0.241 e. The lowest BCUT2D eigenvalue weighted by molar-refractivity contribution is 0.103. The lowest BCUT2D eigenvalue weighted by Gasteiger charge is -2.08. The molecule has 7 heteroatoms. The van der Waals surface area contributed by atoms with Gasteiger partial charge in [0.15, 0.2) is 5.78 Å². The summed E-state index contributed by atoms with van der Waals surface area (Å²) >= 11 is 7.60. The molecule has 1 heterocycles. The summed E-state index contributed by atoms with van der Waals surface area (Å²) in [6.07, 6.45) is 0.732. The Balaban J connectivity index is 2.19. The summed E-state index contributed by atoms with van der Waals surface area (Å²) in [4.78, 5) is 14.0. The van der Waals surface area contributed by atoms with Crippen molar-refractivity contribution in [3.8, 4) is 0 Å². The number of ketones is 1. The Morgan fingerprint density at radius 1 is 1.20 bits per heavy atom. The highest BCUT2D eigenvalue weighted by atomic mass is 35.5. The van der Waals surface area contributed by atoms with Gasteiger partial charge in [0.1, 0.15) is 4.90 Å². The van der Waals surface area contributed by atoms with Crippen LogP contribution in [0.3, 0.4) is 0 Å². The molecular formula is C18H16ClNO3S2. The van der Waals surface area contributed by atoms with Gasteiger partial charge in [0.2, 0.25) is 10.0 Å². The molecule has 2 aromatic carbocycles. The van der Waals surface area contributed by atoms with Crippen LogP contribution in [0.1, 0.15) is 27.7 Å². The molecule has 25 heavy (non-hydrogen) atoms. The first-order valence-electron chi connectivity index (χ1n) is 7.67. The van der Waals surface area contributed by atoms with E-state index in [1.165, 1.54) is 19.2 Å². The lowest BCUT2D eigenvalue weighted by atomic mass is 9.99. The van der Waals surface area contributed by atoms with Crippen molar-refractivity contribution in [3.63, 3.8) is 0 Å². The van der Waals surface area contributed by atoms with Gasteiger partial charge in [-0.1, -0.05) is 36.7 Å². The van der Waals surface area contributed by atoms with Crippen molar-refractivity contribution < 1.29 is 13.2 Å². The second kappa shape index (κ2) is 6.88. The van der Waals surface area contributed by atoms with Gasteiger partial charge in [-0.2, -0.15) is 0 Å². The molecule has 0 unspecified atom stereocenters. The van der Waals surface area contributed by atoms with E-state index < -0.39 is 10.0 Å². The number of benzene rings is 2. The quantitative estimate of drug-likeness (QED) is 0.659. The van der Waals surface area contributed by atoms with Gasteiger partial charge in [-0.3, -0.25) is 4.79 Å².